The summed E-state index contributed by atoms with van der Waals surface area (Å²) in [6, 6.07) is 0. The number of unbranched alkanes of at least 4 members (excludes halogenated alkanes) is 18. The molecule has 0 fully saturated rings. The maximum atomic E-state index is 12.1. The van der Waals surface area contributed by atoms with E-state index in [0.29, 0.717) is 12.8 Å². The molecule has 0 aliphatic heterocycles. The van der Waals surface area contributed by atoms with Crippen molar-refractivity contribution in [2.75, 3.05) is 26.4 Å². The number of carbonyl (C=O) groups excluding carboxylic acids is 2. The van der Waals surface area contributed by atoms with Crippen molar-refractivity contribution >= 4 is 19.7 Å². The van der Waals surface area contributed by atoms with Crippen molar-refractivity contribution in [3.05, 3.63) is 85.1 Å². The van der Waals surface area contributed by atoms with E-state index >= 15 is 0 Å². The Labute approximate surface area is 379 Å². The minimum absolute atomic E-state index is 0.0465. The molecule has 1 amide bonds. The Hall–Kier alpha value is -2.81. The maximum absolute atomic E-state index is 12.1. The first-order chi connectivity index (χ1) is 30.3. The van der Waals surface area contributed by atoms with Crippen molar-refractivity contribution in [1.29, 1.82) is 0 Å². The molecule has 0 rings (SSSR count). The lowest BCUT2D eigenvalue weighted by atomic mass is 10.0. The van der Waals surface area contributed by atoms with E-state index in [1.165, 1.54) is 96.3 Å². The minimum atomic E-state index is -4.44. The molecule has 0 heterocycles. The van der Waals surface area contributed by atoms with Gasteiger partial charge in [0.25, 0.3) is 0 Å². The fraction of sp³-hybridized carbons (Fsp3) is 0.692. The van der Waals surface area contributed by atoms with Crippen LogP contribution in [0.4, 0.5) is 0 Å². The Kier molecular flexibility index (Phi) is 45.5. The van der Waals surface area contributed by atoms with Crippen molar-refractivity contribution in [3.8, 4) is 0 Å². The van der Waals surface area contributed by atoms with Crippen LogP contribution in [-0.4, -0.2) is 54.3 Å². The van der Waals surface area contributed by atoms with Crippen LogP contribution in [-0.2, 0) is 27.9 Å². The van der Waals surface area contributed by atoms with Gasteiger partial charge in [-0.25, -0.2) is 4.57 Å². The van der Waals surface area contributed by atoms with E-state index in [-0.39, 0.29) is 32.1 Å². The smallest absolute Gasteiger partial charge is 0.463 e. The first kappa shape index (κ1) is 59.2. The lowest BCUT2D eigenvalue weighted by Gasteiger charge is -2.15. The Morgan fingerprint density at radius 1 is 0.516 bits per heavy atom. The van der Waals surface area contributed by atoms with Crippen LogP contribution in [0.3, 0.4) is 0 Å². The van der Waals surface area contributed by atoms with Gasteiger partial charge in [-0.1, -0.05) is 208 Å². The third kappa shape index (κ3) is 48.2. The average Bonchev–Trinajstić information content (AvgIpc) is 3.26. The lowest BCUT2D eigenvalue weighted by molar-refractivity contribution is -0.147. The van der Waals surface area contributed by atoms with E-state index in [2.05, 4.69) is 104 Å². The molecule has 0 aromatic heterocycles. The Balaban J connectivity index is 3.68. The highest BCUT2D eigenvalue weighted by molar-refractivity contribution is 7.47. The molecule has 0 aliphatic rings. The van der Waals surface area contributed by atoms with E-state index in [1.54, 1.807) is 0 Å². The number of esters is 1. The number of rotatable bonds is 45. The summed E-state index contributed by atoms with van der Waals surface area (Å²) in [5, 5.41) is 12.7. The van der Waals surface area contributed by atoms with Crippen molar-refractivity contribution in [2.24, 2.45) is 0 Å². The number of phosphoric ester groups is 1. The van der Waals surface area contributed by atoms with Gasteiger partial charge in [-0.15, -0.1) is 0 Å². The summed E-state index contributed by atoms with van der Waals surface area (Å²) >= 11 is 0. The van der Waals surface area contributed by atoms with Gasteiger partial charge < -0.3 is 20.1 Å². The molecule has 2 atom stereocenters. The summed E-state index contributed by atoms with van der Waals surface area (Å²) in [7, 11) is -4.44. The number of ether oxygens (including phenoxy) is 1. The van der Waals surface area contributed by atoms with Gasteiger partial charge in [0.1, 0.15) is 12.7 Å². The molecule has 0 aliphatic carbocycles. The highest BCUT2D eigenvalue weighted by Gasteiger charge is 2.23. The van der Waals surface area contributed by atoms with E-state index in [4.69, 9.17) is 13.8 Å². The van der Waals surface area contributed by atoms with Gasteiger partial charge in [-0.3, -0.25) is 18.6 Å². The van der Waals surface area contributed by atoms with Gasteiger partial charge >= 0.3 is 13.8 Å². The van der Waals surface area contributed by atoms with Crippen LogP contribution in [0.5, 0.6) is 0 Å². The van der Waals surface area contributed by atoms with Gasteiger partial charge in [0.2, 0.25) is 5.91 Å². The fourth-order valence-corrected chi connectivity index (χ4v) is 7.19. The Morgan fingerprint density at radius 3 is 1.35 bits per heavy atom. The molecule has 0 radical (unpaired) electrons. The number of aliphatic hydroxyl groups is 1. The summed E-state index contributed by atoms with van der Waals surface area (Å²) in [6.45, 7) is 3.38. The summed E-state index contributed by atoms with van der Waals surface area (Å²) in [5.41, 5.74) is 0. The highest BCUT2D eigenvalue weighted by Crippen LogP contribution is 2.42. The molecule has 62 heavy (non-hydrogen) atoms. The second-order valence-corrected chi connectivity index (χ2v) is 17.5. The third-order valence-electron chi connectivity index (χ3n) is 10.1. The van der Waals surface area contributed by atoms with Gasteiger partial charge in [0, 0.05) is 19.4 Å². The number of allylic oxidation sites excluding steroid dienone is 14. The number of phosphoric acid groups is 1. The zero-order valence-corrected chi connectivity index (χ0v) is 40.2. The standard InChI is InChI=1S/C52H90NO8P/c1-3-5-7-9-11-13-15-17-19-21-23-24-25-26-27-28-30-32-34-36-38-40-42-44-51(55)53-46-47-60-62(57,58)61-49-50(54)48-59-52(56)45-43-41-39-37-35-33-31-29-22-20-18-16-14-12-10-8-6-4-2/h5,7,11,13,17,19,23-24,26-27,30,32,36,38,50,54H,3-4,6,8-10,12,14-16,18,20-22,25,28-29,31,33-35,37,39-49H2,1-2H3,(H,53,55)(H,57,58)/b7-5-,13-11-,19-17-,24-23-,27-26-,32-30-,38-36-. The SMILES string of the molecule is CC/C=C\C/C=C\C/C=C\C/C=C\C/C=C\C/C=C\C/C=C\CCCC(=O)NCCOP(=O)(O)OCC(O)COC(=O)CCCCCCCCCCCCCCCCCCCC. The summed E-state index contributed by atoms with van der Waals surface area (Å²) < 4.78 is 26.9. The molecule has 356 valence electrons. The monoisotopic (exact) mass is 888 g/mol. The molecule has 0 spiro atoms. The van der Waals surface area contributed by atoms with Gasteiger partial charge in [-0.2, -0.15) is 0 Å². The van der Waals surface area contributed by atoms with Gasteiger partial charge in [0.05, 0.1) is 13.2 Å². The summed E-state index contributed by atoms with van der Waals surface area (Å²) in [6.07, 6.45) is 61.0. The molecule has 0 bridgehead atoms. The van der Waals surface area contributed by atoms with Gasteiger partial charge in [0.15, 0.2) is 0 Å². The molecule has 3 N–H and O–H groups in total. The summed E-state index contributed by atoms with van der Waals surface area (Å²) in [5.74, 6) is -0.577. The highest BCUT2D eigenvalue weighted by atomic mass is 31.2. The predicted octanol–water partition coefficient (Wildman–Crippen LogP) is 14.4. The van der Waals surface area contributed by atoms with Crippen LogP contribution in [0.2, 0.25) is 0 Å². The van der Waals surface area contributed by atoms with Crippen LogP contribution in [0, 0.1) is 0 Å². The number of amides is 1. The van der Waals surface area contributed by atoms with Crippen LogP contribution in [0.25, 0.3) is 0 Å². The zero-order valence-electron chi connectivity index (χ0n) is 39.3. The second kappa shape index (κ2) is 47.7. The van der Waals surface area contributed by atoms with Crippen molar-refractivity contribution < 1.29 is 37.9 Å². The van der Waals surface area contributed by atoms with E-state index in [9.17, 15) is 24.2 Å². The number of carbonyl (C=O) groups is 2. The van der Waals surface area contributed by atoms with Crippen molar-refractivity contribution in [3.63, 3.8) is 0 Å². The third-order valence-corrected chi connectivity index (χ3v) is 11.1. The maximum Gasteiger partial charge on any atom is 0.472 e. The molecule has 0 saturated carbocycles. The van der Waals surface area contributed by atoms with Crippen molar-refractivity contribution in [2.45, 2.75) is 206 Å². The molecule has 0 aromatic rings. The minimum Gasteiger partial charge on any atom is -0.463 e. The topological polar surface area (TPSA) is 131 Å². The van der Waals surface area contributed by atoms with Crippen LogP contribution in [0.15, 0.2) is 85.1 Å². The largest absolute Gasteiger partial charge is 0.472 e. The first-order valence-electron chi connectivity index (χ1n) is 24.6. The van der Waals surface area contributed by atoms with Crippen molar-refractivity contribution in [1.82, 2.24) is 5.32 Å². The first-order valence-corrected chi connectivity index (χ1v) is 26.1. The Bertz CT molecular complexity index is 1290. The number of hydrogen-bond acceptors (Lipinski definition) is 7. The lowest BCUT2D eigenvalue weighted by Crippen LogP contribution is -2.27. The molecular weight excluding hydrogens is 798 g/mol. The predicted molar refractivity (Wildman–Crippen MR) is 261 cm³/mol. The molecule has 0 saturated heterocycles. The molecular formula is C52H90NO8P. The van der Waals surface area contributed by atoms with Crippen LogP contribution < -0.4 is 5.32 Å². The van der Waals surface area contributed by atoms with E-state index in [1.807, 2.05) is 0 Å². The van der Waals surface area contributed by atoms with E-state index in [0.717, 1.165) is 70.6 Å². The normalized spacial score (nSPS) is 13.9. The second-order valence-electron chi connectivity index (χ2n) is 16.1. The Morgan fingerprint density at radius 2 is 0.919 bits per heavy atom. The quantitative estimate of drug-likeness (QED) is 0.0238. The zero-order chi connectivity index (χ0) is 45.3. The summed E-state index contributed by atoms with van der Waals surface area (Å²) in [4.78, 5) is 34.0. The number of aliphatic hydroxyl groups excluding tert-OH is 1. The fourth-order valence-electron chi connectivity index (χ4n) is 6.43. The molecule has 0 aromatic carbocycles. The molecule has 2 unspecified atom stereocenters. The molecule has 10 heteroatoms. The van der Waals surface area contributed by atoms with Crippen LogP contribution in [0.1, 0.15) is 200 Å². The van der Waals surface area contributed by atoms with E-state index < -0.39 is 26.5 Å². The van der Waals surface area contributed by atoms with Crippen LogP contribution >= 0.6 is 7.82 Å². The number of hydrogen-bond donors (Lipinski definition) is 3. The molecule has 9 nitrogen and oxygen atoms in total. The number of nitrogens with one attached hydrogen (secondary N) is 1. The average molecular weight is 888 g/mol. The van der Waals surface area contributed by atoms with Gasteiger partial charge in [-0.05, 0) is 64.2 Å².